The lowest BCUT2D eigenvalue weighted by molar-refractivity contribution is 0.118. The molecule has 20 heavy (non-hydrogen) atoms. The van der Waals surface area contributed by atoms with E-state index in [-0.39, 0.29) is 11.6 Å². The van der Waals surface area contributed by atoms with Gasteiger partial charge in [0.05, 0.1) is 11.7 Å². The average molecular weight is 354 g/mol. The molecule has 3 rings (SSSR count). The zero-order valence-electron chi connectivity index (χ0n) is 11.2. The number of hydrogen-bond acceptors (Lipinski definition) is 3. The summed E-state index contributed by atoms with van der Waals surface area (Å²) in [5.74, 6) is 0.911. The van der Waals surface area contributed by atoms with Crippen LogP contribution < -0.4 is 10.1 Å². The predicted molar refractivity (Wildman–Crippen MR) is 84.5 cm³/mol. The number of nitrogens with one attached hydrogen (secondary N) is 1. The summed E-state index contributed by atoms with van der Waals surface area (Å²) >= 11 is 9.57. The van der Waals surface area contributed by atoms with Gasteiger partial charge in [-0.1, -0.05) is 29.8 Å². The van der Waals surface area contributed by atoms with E-state index in [1.54, 1.807) is 6.20 Å². The van der Waals surface area contributed by atoms with Crippen molar-refractivity contribution in [3.63, 3.8) is 0 Å². The Morgan fingerprint density at radius 3 is 2.90 bits per heavy atom. The second kappa shape index (κ2) is 4.93. The van der Waals surface area contributed by atoms with E-state index in [1.165, 1.54) is 0 Å². The quantitative estimate of drug-likeness (QED) is 0.786. The molecule has 1 aromatic heterocycles. The van der Waals surface area contributed by atoms with Crippen LogP contribution in [0.25, 0.3) is 0 Å². The molecule has 3 nitrogen and oxygen atoms in total. The summed E-state index contributed by atoms with van der Waals surface area (Å²) in [5.41, 5.74) is 1.57. The van der Waals surface area contributed by atoms with Crippen LogP contribution in [0.15, 0.2) is 41.0 Å². The van der Waals surface area contributed by atoms with Crippen LogP contribution in [0.3, 0.4) is 0 Å². The van der Waals surface area contributed by atoms with Gasteiger partial charge < -0.3 is 10.1 Å². The van der Waals surface area contributed by atoms with Gasteiger partial charge in [0.15, 0.2) is 5.15 Å². The number of nitrogens with zero attached hydrogens (tertiary/aromatic N) is 1. The Balaban J connectivity index is 1.99. The van der Waals surface area contributed by atoms with E-state index in [0.29, 0.717) is 5.15 Å². The largest absolute Gasteiger partial charge is 0.485 e. The smallest absolute Gasteiger partial charge is 0.152 e. The van der Waals surface area contributed by atoms with Crippen LogP contribution in [0.2, 0.25) is 5.15 Å². The Morgan fingerprint density at radius 2 is 2.10 bits per heavy atom. The highest BCUT2D eigenvalue weighted by Crippen LogP contribution is 2.45. The SMILES string of the molecule is CC1(C)Oc2ccccc2C1Nc1cc(Br)cnc1Cl. The summed E-state index contributed by atoms with van der Waals surface area (Å²) in [6.07, 6.45) is 1.68. The molecule has 0 saturated carbocycles. The monoisotopic (exact) mass is 352 g/mol. The number of halogens is 2. The maximum absolute atomic E-state index is 6.16. The molecule has 1 atom stereocenters. The van der Waals surface area contributed by atoms with E-state index in [2.05, 4.69) is 46.1 Å². The van der Waals surface area contributed by atoms with Crippen LogP contribution in [-0.2, 0) is 0 Å². The molecule has 0 amide bonds. The highest BCUT2D eigenvalue weighted by Gasteiger charge is 2.41. The third-order valence-corrected chi connectivity index (χ3v) is 4.14. The van der Waals surface area contributed by atoms with Crippen molar-refractivity contribution >= 4 is 33.2 Å². The highest BCUT2D eigenvalue weighted by atomic mass is 79.9. The van der Waals surface area contributed by atoms with Gasteiger partial charge in [-0.05, 0) is 41.9 Å². The van der Waals surface area contributed by atoms with E-state index in [9.17, 15) is 0 Å². The number of para-hydroxylation sites is 1. The molecular weight excluding hydrogens is 340 g/mol. The molecule has 0 bridgehead atoms. The van der Waals surface area contributed by atoms with Crippen LogP contribution in [0.1, 0.15) is 25.5 Å². The summed E-state index contributed by atoms with van der Waals surface area (Å²) in [6.45, 7) is 4.12. The Hall–Kier alpha value is -1.26. The fourth-order valence-corrected chi connectivity index (χ4v) is 2.95. The third-order valence-electron chi connectivity index (χ3n) is 3.40. The molecule has 1 aliphatic rings. The van der Waals surface area contributed by atoms with Gasteiger partial charge in [0.1, 0.15) is 11.4 Å². The van der Waals surface area contributed by atoms with E-state index in [0.717, 1.165) is 21.5 Å². The summed E-state index contributed by atoms with van der Waals surface area (Å²) in [4.78, 5) is 4.14. The average Bonchev–Trinajstić information content (AvgIpc) is 2.65. The number of fused-ring (bicyclic) bond motifs is 1. The van der Waals surface area contributed by atoms with Crippen molar-refractivity contribution in [1.82, 2.24) is 4.98 Å². The number of benzene rings is 1. The Kier molecular flexibility index (Phi) is 3.38. The molecule has 0 fully saturated rings. The second-order valence-electron chi connectivity index (χ2n) is 5.31. The Morgan fingerprint density at radius 1 is 1.35 bits per heavy atom. The van der Waals surface area contributed by atoms with Crippen LogP contribution in [0.4, 0.5) is 5.69 Å². The Bertz CT molecular complexity index is 660. The van der Waals surface area contributed by atoms with Crippen LogP contribution in [0, 0.1) is 0 Å². The van der Waals surface area contributed by atoms with Crippen molar-refractivity contribution in [3.05, 3.63) is 51.7 Å². The second-order valence-corrected chi connectivity index (χ2v) is 6.59. The molecule has 5 heteroatoms. The lowest BCUT2D eigenvalue weighted by Gasteiger charge is -2.28. The first-order chi connectivity index (χ1) is 9.47. The first-order valence-electron chi connectivity index (χ1n) is 6.33. The van der Waals surface area contributed by atoms with Crippen molar-refractivity contribution in [1.29, 1.82) is 0 Å². The first-order valence-corrected chi connectivity index (χ1v) is 7.50. The van der Waals surface area contributed by atoms with E-state index in [1.807, 2.05) is 24.3 Å². The molecule has 0 spiro atoms. The number of rotatable bonds is 2. The first kappa shape index (κ1) is 13.7. The molecule has 1 aromatic carbocycles. The number of pyridine rings is 1. The zero-order valence-corrected chi connectivity index (χ0v) is 13.5. The lowest BCUT2D eigenvalue weighted by Crippen LogP contribution is -2.34. The van der Waals surface area contributed by atoms with Gasteiger partial charge in [0, 0.05) is 16.2 Å². The number of aromatic nitrogens is 1. The standard InChI is InChI=1S/C15H14BrClN2O/c1-15(2)13(10-5-3-4-6-12(10)20-15)19-11-7-9(16)8-18-14(11)17/h3-8,13,19H,1-2H3. The molecule has 1 aliphatic heterocycles. The van der Waals surface area contributed by atoms with Gasteiger partial charge in [-0.25, -0.2) is 4.98 Å². The topological polar surface area (TPSA) is 34.1 Å². The van der Waals surface area contributed by atoms with Crippen molar-refractivity contribution in [2.45, 2.75) is 25.5 Å². The molecule has 2 heterocycles. The van der Waals surface area contributed by atoms with Gasteiger partial charge in [-0.15, -0.1) is 0 Å². The van der Waals surface area contributed by atoms with E-state index in [4.69, 9.17) is 16.3 Å². The zero-order chi connectivity index (χ0) is 14.3. The van der Waals surface area contributed by atoms with Gasteiger partial charge in [0.25, 0.3) is 0 Å². The van der Waals surface area contributed by atoms with E-state index < -0.39 is 0 Å². The molecule has 0 saturated heterocycles. The van der Waals surface area contributed by atoms with Crippen LogP contribution in [-0.4, -0.2) is 10.6 Å². The minimum absolute atomic E-state index is 0.0206. The van der Waals surface area contributed by atoms with Crippen LogP contribution in [0.5, 0.6) is 5.75 Å². The molecule has 2 aromatic rings. The van der Waals surface area contributed by atoms with Crippen LogP contribution >= 0.6 is 27.5 Å². The molecule has 1 unspecified atom stereocenters. The van der Waals surface area contributed by atoms with Crippen molar-refractivity contribution in [2.24, 2.45) is 0 Å². The van der Waals surface area contributed by atoms with Gasteiger partial charge in [-0.3, -0.25) is 0 Å². The highest BCUT2D eigenvalue weighted by molar-refractivity contribution is 9.10. The third kappa shape index (κ3) is 2.38. The lowest BCUT2D eigenvalue weighted by atomic mass is 9.94. The van der Waals surface area contributed by atoms with Gasteiger partial charge in [-0.2, -0.15) is 0 Å². The summed E-state index contributed by atoms with van der Waals surface area (Å²) in [5, 5.41) is 3.90. The minimum atomic E-state index is -0.352. The molecule has 104 valence electrons. The number of anilines is 1. The summed E-state index contributed by atoms with van der Waals surface area (Å²) < 4.78 is 6.90. The normalized spacial score (nSPS) is 19.3. The maximum atomic E-state index is 6.16. The van der Waals surface area contributed by atoms with Crippen molar-refractivity contribution in [3.8, 4) is 5.75 Å². The minimum Gasteiger partial charge on any atom is -0.485 e. The van der Waals surface area contributed by atoms with Crippen molar-refractivity contribution in [2.75, 3.05) is 5.32 Å². The number of ether oxygens (including phenoxy) is 1. The molecule has 0 aliphatic carbocycles. The fourth-order valence-electron chi connectivity index (χ4n) is 2.46. The molecule has 1 N–H and O–H groups in total. The maximum Gasteiger partial charge on any atom is 0.152 e. The number of hydrogen-bond donors (Lipinski definition) is 1. The van der Waals surface area contributed by atoms with E-state index >= 15 is 0 Å². The summed E-state index contributed by atoms with van der Waals surface area (Å²) in [7, 11) is 0. The fraction of sp³-hybridized carbons (Fsp3) is 0.267. The molecular formula is C15H14BrClN2O. The van der Waals surface area contributed by atoms with Gasteiger partial charge >= 0.3 is 0 Å². The summed E-state index contributed by atoms with van der Waals surface area (Å²) in [6, 6.07) is 9.99. The van der Waals surface area contributed by atoms with Gasteiger partial charge in [0.2, 0.25) is 0 Å². The molecule has 0 radical (unpaired) electrons. The predicted octanol–water partition coefficient (Wildman–Crippen LogP) is 4.82. The van der Waals surface area contributed by atoms with Crippen molar-refractivity contribution < 1.29 is 4.74 Å². The Labute approximate surface area is 131 Å².